The van der Waals surface area contributed by atoms with Crippen LogP contribution in [0.3, 0.4) is 0 Å². The Bertz CT molecular complexity index is 419. The number of rotatable bonds is 7. The van der Waals surface area contributed by atoms with E-state index in [0.29, 0.717) is 12.8 Å². The van der Waals surface area contributed by atoms with Crippen LogP contribution in [-0.4, -0.2) is 40.4 Å². The van der Waals surface area contributed by atoms with Gasteiger partial charge >= 0.3 is 18.0 Å². The SMILES string of the molecule is CC(C)(C)OC(=O)CCCC[C@H](NC(=O)OC(C)(C)C)C(=O)O. The zero-order valence-electron chi connectivity index (χ0n) is 14.9. The lowest BCUT2D eigenvalue weighted by molar-refractivity contribution is -0.154. The minimum atomic E-state index is -1.13. The normalized spacial score (nSPS) is 13.1. The van der Waals surface area contributed by atoms with Crippen LogP contribution in [0.2, 0.25) is 0 Å². The van der Waals surface area contributed by atoms with Crippen molar-refractivity contribution in [3.8, 4) is 0 Å². The van der Waals surface area contributed by atoms with Crippen molar-refractivity contribution in [2.75, 3.05) is 0 Å². The van der Waals surface area contributed by atoms with E-state index in [4.69, 9.17) is 14.6 Å². The summed E-state index contributed by atoms with van der Waals surface area (Å²) in [5.74, 6) is -1.45. The van der Waals surface area contributed by atoms with Gasteiger partial charge in [0.25, 0.3) is 0 Å². The van der Waals surface area contributed by atoms with E-state index in [1.54, 1.807) is 41.5 Å². The average molecular weight is 331 g/mol. The number of carboxylic acid groups (broad SMARTS) is 1. The topological polar surface area (TPSA) is 102 Å². The summed E-state index contributed by atoms with van der Waals surface area (Å²) in [4.78, 5) is 34.3. The predicted octanol–water partition coefficient (Wildman–Crippen LogP) is 2.87. The number of nitrogens with one attached hydrogen (secondary N) is 1. The van der Waals surface area contributed by atoms with E-state index in [1.165, 1.54) is 0 Å². The fourth-order valence-electron chi connectivity index (χ4n) is 1.72. The van der Waals surface area contributed by atoms with Crippen molar-refractivity contribution in [2.45, 2.75) is 84.5 Å². The minimum absolute atomic E-state index is 0.218. The highest BCUT2D eigenvalue weighted by Gasteiger charge is 2.23. The van der Waals surface area contributed by atoms with Crippen molar-refractivity contribution < 1.29 is 29.0 Å². The van der Waals surface area contributed by atoms with Crippen molar-refractivity contribution in [2.24, 2.45) is 0 Å². The lowest BCUT2D eigenvalue weighted by Gasteiger charge is -2.22. The Balaban J connectivity index is 4.19. The Kier molecular flexibility index (Phi) is 8.06. The van der Waals surface area contributed by atoms with Crippen LogP contribution in [0.4, 0.5) is 4.79 Å². The maximum atomic E-state index is 11.6. The van der Waals surface area contributed by atoms with E-state index in [2.05, 4.69) is 5.32 Å². The third-order valence-electron chi connectivity index (χ3n) is 2.53. The molecule has 0 saturated heterocycles. The quantitative estimate of drug-likeness (QED) is 0.549. The van der Waals surface area contributed by atoms with Crippen LogP contribution in [0.1, 0.15) is 67.2 Å². The van der Waals surface area contributed by atoms with Gasteiger partial charge in [-0.25, -0.2) is 9.59 Å². The number of amides is 1. The molecule has 0 heterocycles. The number of carbonyl (C=O) groups excluding carboxylic acids is 2. The summed E-state index contributed by atoms with van der Waals surface area (Å²) in [6.07, 6.45) is 0.644. The van der Waals surface area contributed by atoms with Crippen molar-refractivity contribution in [3.05, 3.63) is 0 Å². The summed E-state index contributed by atoms with van der Waals surface area (Å²) in [6.45, 7) is 10.5. The Labute approximate surface area is 137 Å². The molecule has 1 atom stereocenters. The Morgan fingerprint density at radius 1 is 0.957 bits per heavy atom. The van der Waals surface area contributed by atoms with Gasteiger partial charge in [0.05, 0.1) is 0 Å². The highest BCUT2D eigenvalue weighted by Crippen LogP contribution is 2.12. The molecule has 0 aliphatic heterocycles. The molecule has 0 aromatic rings. The predicted molar refractivity (Wildman–Crippen MR) is 85.1 cm³/mol. The van der Waals surface area contributed by atoms with Gasteiger partial charge in [-0.1, -0.05) is 6.42 Å². The average Bonchev–Trinajstić information content (AvgIpc) is 2.27. The fraction of sp³-hybridized carbons (Fsp3) is 0.812. The standard InChI is InChI=1S/C16H29NO6/c1-15(2,3)22-12(18)10-8-7-9-11(13(19)20)17-14(21)23-16(4,5)6/h11H,7-10H2,1-6H3,(H,17,21)(H,19,20)/t11-/m0/s1. The minimum Gasteiger partial charge on any atom is -0.480 e. The van der Waals surface area contributed by atoms with Crippen LogP contribution in [0.5, 0.6) is 0 Å². The van der Waals surface area contributed by atoms with Gasteiger partial charge in [-0.15, -0.1) is 0 Å². The van der Waals surface area contributed by atoms with Gasteiger partial charge in [-0.2, -0.15) is 0 Å². The molecule has 0 saturated carbocycles. The number of unbranched alkanes of at least 4 members (excludes halogenated alkanes) is 1. The molecule has 0 bridgehead atoms. The molecule has 0 fully saturated rings. The molecule has 0 spiro atoms. The first-order valence-electron chi connectivity index (χ1n) is 7.74. The van der Waals surface area contributed by atoms with Crippen LogP contribution < -0.4 is 5.32 Å². The molecule has 0 unspecified atom stereocenters. The smallest absolute Gasteiger partial charge is 0.408 e. The molecule has 2 N–H and O–H groups in total. The molecule has 0 radical (unpaired) electrons. The van der Waals surface area contributed by atoms with Crippen LogP contribution in [0.25, 0.3) is 0 Å². The molecule has 0 aliphatic rings. The summed E-state index contributed by atoms with van der Waals surface area (Å²) in [7, 11) is 0. The molecular weight excluding hydrogens is 302 g/mol. The molecule has 1 amide bonds. The van der Waals surface area contributed by atoms with E-state index in [9.17, 15) is 14.4 Å². The Morgan fingerprint density at radius 2 is 1.48 bits per heavy atom. The third-order valence-corrected chi connectivity index (χ3v) is 2.53. The van der Waals surface area contributed by atoms with E-state index in [0.717, 1.165) is 0 Å². The summed E-state index contributed by atoms with van der Waals surface area (Å²) in [5, 5.41) is 11.4. The summed E-state index contributed by atoms with van der Waals surface area (Å²) >= 11 is 0. The van der Waals surface area contributed by atoms with E-state index >= 15 is 0 Å². The van der Waals surface area contributed by atoms with E-state index in [1.807, 2.05) is 0 Å². The molecule has 7 nitrogen and oxygen atoms in total. The third kappa shape index (κ3) is 12.4. The Hall–Kier alpha value is -1.79. The highest BCUT2D eigenvalue weighted by molar-refractivity contribution is 5.80. The maximum Gasteiger partial charge on any atom is 0.408 e. The summed E-state index contributed by atoms with van der Waals surface area (Å²) in [5.41, 5.74) is -1.22. The summed E-state index contributed by atoms with van der Waals surface area (Å²) in [6, 6.07) is -1.04. The molecule has 134 valence electrons. The number of aliphatic carboxylic acids is 1. The van der Waals surface area contributed by atoms with Crippen molar-refractivity contribution in [3.63, 3.8) is 0 Å². The number of carbonyl (C=O) groups is 3. The number of hydrogen-bond donors (Lipinski definition) is 2. The van der Waals surface area contributed by atoms with Crippen LogP contribution in [-0.2, 0) is 19.1 Å². The van der Waals surface area contributed by atoms with E-state index < -0.39 is 29.3 Å². The number of hydrogen-bond acceptors (Lipinski definition) is 5. The monoisotopic (exact) mass is 331 g/mol. The van der Waals surface area contributed by atoms with Crippen molar-refractivity contribution >= 4 is 18.0 Å². The lowest BCUT2D eigenvalue weighted by Crippen LogP contribution is -2.43. The molecule has 0 aliphatic carbocycles. The first kappa shape index (κ1) is 21.2. The van der Waals surface area contributed by atoms with Crippen molar-refractivity contribution in [1.29, 1.82) is 0 Å². The first-order chi connectivity index (χ1) is 10.3. The van der Waals surface area contributed by atoms with Crippen molar-refractivity contribution in [1.82, 2.24) is 5.32 Å². The second kappa shape index (κ2) is 8.74. The van der Waals surface area contributed by atoms with Gasteiger partial charge in [0.2, 0.25) is 0 Å². The lowest BCUT2D eigenvalue weighted by atomic mass is 10.1. The van der Waals surface area contributed by atoms with Gasteiger partial charge in [0.1, 0.15) is 17.2 Å². The van der Waals surface area contributed by atoms with Gasteiger partial charge < -0.3 is 19.9 Å². The van der Waals surface area contributed by atoms with Gasteiger partial charge in [0.15, 0.2) is 0 Å². The number of esters is 1. The fourth-order valence-corrected chi connectivity index (χ4v) is 1.72. The highest BCUT2D eigenvalue weighted by atomic mass is 16.6. The first-order valence-corrected chi connectivity index (χ1v) is 7.74. The molecule has 7 heteroatoms. The van der Waals surface area contributed by atoms with Gasteiger partial charge in [-0.05, 0) is 54.4 Å². The molecule has 0 aromatic carbocycles. The van der Waals surface area contributed by atoms with E-state index in [-0.39, 0.29) is 18.8 Å². The number of ether oxygens (including phenoxy) is 2. The van der Waals surface area contributed by atoms with Gasteiger partial charge in [0, 0.05) is 6.42 Å². The largest absolute Gasteiger partial charge is 0.480 e. The van der Waals surface area contributed by atoms with Crippen LogP contribution >= 0.6 is 0 Å². The molecule has 0 aromatic heterocycles. The molecule has 23 heavy (non-hydrogen) atoms. The number of alkyl carbamates (subject to hydrolysis) is 1. The number of carboxylic acids is 1. The van der Waals surface area contributed by atoms with Crippen LogP contribution in [0, 0.1) is 0 Å². The van der Waals surface area contributed by atoms with Gasteiger partial charge in [-0.3, -0.25) is 4.79 Å². The van der Waals surface area contributed by atoms with Crippen LogP contribution in [0.15, 0.2) is 0 Å². The Morgan fingerprint density at radius 3 is 1.91 bits per heavy atom. The zero-order valence-corrected chi connectivity index (χ0v) is 14.9. The second-order valence-corrected chi connectivity index (χ2v) is 7.37. The molecular formula is C16H29NO6. The maximum absolute atomic E-state index is 11.6. The summed E-state index contributed by atoms with van der Waals surface area (Å²) < 4.78 is 10.2. The molecule has 0 rings (SSSR count). The second-order valence-electron chi connectivity index (χ2n) is 7.37. The zero-order chi connectivity index (χ0) is 18.3.